The van der Waals surface area contributed by atoms with Gasteiger partial charge in [0.15, 0.2) is 0 Å². The van der Waals surface area contributed by atoms with Crippen LogP contribution in [-0.4, -0.2) is 36.1 Å². The minimum Gasteiger partial charge on any atom is -0.478 e. The monoisotopic (exact) mass is 627 g/mol. The third-order valence-electron chi connectivity index (χ3n) is 11.0. The van der Waals surface area contributed by atoms with Crippen LogP contribution in [0.15, 0.2) is 66.9 Å². The van der Waals surface area contributed by atoms with Crippen molar-refractivity contribution in [3.8, 4) is 11.4 Å². The summed E-state index contributed by atoms with van der Waals surface area (Å²) >= 11 is 0. The van der Waals surface area contributed by atoms with Crippen LogP contribution in [0.25, 0.3) is 39.4 Å². The van der Waals surface area contributed by atoms with Gasteiger partial charge >= 0.3 is 5.97 Å². The molecule has 3 aromatic heterocycles. The SMILES string of the molecule is Cn1c(-c2ccccn2)c(C2CCCC2)c2ccc(C(=O)NC3(c4nc5ccc(/C=C/C(=O)O)cc5n4C4CCC4)CCCC3)cc21. The van der Waals surface area contributed by atoms with E-state index in [0.29, 0.717) is 17.5 Å². The molecule has 0 atom stereocenters. The molecular formula is C39H41N5O3. The average molecular weight is 628 g/mol. The lowest BCUT2D eigenvalue weighted by Crippen LogP contribution is -2.46. The van der Waals surface area contributed by atoms with E-state index in [-0.39, 0.29) is 5.91 Å². The Morgan fingerprint density at radius 1 is 0.936 bits per heavy atom. The number of aryl methyl sites for hydroxylation is 1. The average Bonchev–Trinajstić information content (AvgIpc) is 3.86. The minimum atomic E-state index is -0.970. The first-order chi connectivity index (χ1) is 22.9. The van der Waals surface area contributed by atoms with Crippen molar-refractivity contribution in [1.29, 1.82) is 0 Å². The highest BCUT2D eigenvalue weighted by Gasteiger charge is 2.43. The summed E-state index contributed by atoms with van der Waals surface area (Å²) in [6.07, 6.45) is 16.6. The fourth-order valence-corrected chi connectivity index (χ4v) is 8.45. The number of nitrogens with zero attached hydrogens (tertiary/aromatic N) is 4. The molecule has 47 heavy (non-hydrogen) atoms. The van der Waals surface area contributed by atoms with Crippen LogP contribution >= 0.6 is 0 Å². The number of aromatic nitrogens is 4. The lowest BCUT2D eigenvalue weighted by atomic mass is 9.89. The number of hydrogen-bond acceptors (Lipinski definition) is 4. The highest BCUT2D eigenvalue weighted by Crippen LogP contribution is 2.46. The van der Waals surface area contributed by atoms with Gasteiger partial charge < -0.3 is 19.6 Å². The molecule has 3 aliphatic rings. The highest BCUT2D eigenvalue weighted by atomic mass is 16.4. The molecule has 3 aliphatic carbocycles. The summed E-state index contributed by atoms with van der Waals surface area (Å²) in [7, 11) is 2.10. The molecule has 0 spiro atoms. The molecule has 1 amide bonds. The van der Waals surface area contributed by atoms with Gasteiger partial charge in [-0.2, -0.15) is 0 Å². The first-order valence-corrected chi connectivity index (χ1v) is 17.2. The molecule has 3 saturated carbocycles. The lowest BCUT2D eigenvalue weighted by Gasteiger charge is -2.36. The number of carbonyl (C=O) groups excluding carboxylic acids is 1. The molecular weight excluding hydrogens is 586 g/mol. The zero-order chi connectivity index (χ0) is 32.1. The standard InChI is InChI=1S/C39H41N5O3/c1-43-32-24-27(16-17-29(32)35(26-9-2-3-10-26)36(43)31-13-4-7-22-40-31)37(47)42-39(20-5-6-21-39)38-41-30-18-14-25(15-19-34(45)46)23-33(30)44(38)28-11-8-12-28/h4,7,13-19,22-24,26,28H,2-3,5-6,8-12,20-21H2,1H3,(H,42,47)(H,45,46)/b19-15+. The van der Waals surface area contributed by atoms with Crippen molar-refractivity contribution in [3.63, 3.8) is 0 Å². The van der Waals surface area contributed by atoms with Gasteiger partial charge in [-0.05, 0) is 104 Å². The van der Waals surface area contributed by atoms with E-state index in [9.17, 15) is 14.7 Å². The van der Waals surface area contributed by atoms with E-state index < -0.39 is 11.5 Å². The van der Waals surface area contributed by atoms with Crippen LogP contribution in [0.3, 0.4) is 0 Å². The molecule has 8 nitrogen and oxygen atoms in total. The van der Waals surface area contributed by atoms with Gasteiger partial charge in [-0.15, -0.1) is 0 Å². The van der Waals surface area contributed by atoms with Crippen LogP contribution in [0.5, 0.6) is 0 Å². The number of aliphatic carboxylic acids is 1. The van der Waals surface area contributed by atoms with E-state index in [2.05, 4.69) is 39.7 Å². The van der Waals surface area contributed by atoms with Crippen molar-refractivity contribution in [1.82, 2.24) is 24.4 Å². The summed E-state index contributed by atoms with van der Waals surface area (Å²) in [6.45, 7) is 0. The van der Waals surface area contributed by atoms with Crippen LogP contribution in [0.1, 0.15) is 110 Å². The summed E-state index contributed by atoms with van der Waals surface area (Å²) < 4.78 is 4.59. The number of imidazole rings is 1. The number of rotatable bonds is 8. The Balaban J connectivity index is 1.19. The van der Waals surface area contributed by atoms with E-state index >= 15 is 0 Å². The van der Waals surface area contributed by atoms with Gasteiger partial charge in [-0.1, -0.05) is 43.9 Å². The summed E-state index contributed by atoms with van der Waals surface area (Å²) in [4.78, 5) is 35.4. The van der Waals surface area contributed by atoms with Gasteiger partial charge in [0.05, 0.1) is 28.0 Å². The van der Waals surface area contributed by atoms with E-state index in [1.165, 1.54) is 49.1 Å². The molecule has 0 aliphatic heterocycles. The number of amides is 1. The Morgan fingerprint density at radius 2 is 1.74 bits per heavy atom. The second kappa shape index (κ2) is 11.8. The Kier molecular flexibility index (Phi) is 7.46. The van der Waals surface area contributed by atoms with Crippen molar-refractivity contribution < 1.29 is 14.7 Å². The largest absolute Gasteiger partial charge is 0.478 e. The maximum Gasteiger partial charge on any atom is 0.328 e. The van der Waals surface area contributed by atoms with Crippen molar-refractivity contribution in [2.75, 3.05) is 0 Å². The lowest BCUT2D eigenvalue weighted by molar-refractivity contribution is -0.131. The molecule has 0 saturated heterocycles. The van der Waals surface area contributed by atoms with Gasteiger partial charge in [0, 0.05) is 41.8 Å². The van der Waals surface area contributed by atoms with E-state index in [4.69, 9.17) is 9.97 Å². The van der Waals surface area contributed by atoms with E-state index in [1.54, 1.807) is 6.08 Å². The van der Waals surface area contributed by atoms with Crippen LogP contribution in [0, 0.1) is 0 Å². The molecule has 5 aromatic rings. The van der Waals surface area contributed by atoms with Crippen molar-refractivity contribution in [2.24, 2.45) is 7.05 Å². The topological polar surface area (TPSA) is 102 Å². The zero-order valence-corrected chi connectivity index (χ0v) is 26.9. The summed E-state index contributed by atoms with van der Waals surface area (Å²) in [5, 5.41) is 13.9. The number of fused-ring (bicyclic) bond motifs is 2. The maximum absolute atomic E-state index is 14.3. The first kappa shape index (κ1) is 29.7. The predicted octanol–water partition coefficient (Wildman–Crippen LogP) is 8.27. The van der Waals surface area contributed by atoms with Gasteiger partial charge in [0.1, 0.15) is 5.82 Å². The zero-order valence-electron chi connectivity index (χ0n) is 26.9. The first-order valence-electron chi connectivity index (χ1n) is 17.2. The van der Waals surface area contributed by atoms with Crippen molar-refractivity contribution in [3.05, 3.63) is 89.4 Å². The third-order valence-corrected chi connectivity index (χ3v) is 11.0. The Labute approximate surface area is 274 Å². The summed E-state index contributed by atoms with van der Waals surface area (Å²) in [5.41, 5.74) is 7.35. The fraction of sp³-hybridized carbons (Fsp3) is 0.385. The third kappa shape index (κ3) is 5.14. The van der Waals surface area contributed by atoms with Crippen molar-refractivity contribution in [2.45, 2.75) is 88.1 Å². The molecule has 2 N–H and O–H groups in total. The second-order valence-electron chi connectivity index (χ2n) is 13.8. The number of benzene rings is 2. The van der Waals surface area contributed by atoms with Crippen LogP contribution in [-0.2, 0) is 17.4 Å². The smallest absolute Gasteiger partial charge is 0.328 e. The van der Waals surface area contributed by atoms with E-state index in [1.807, 2.05) is 42.6 Å². The summed E-state index contributed by atoms with van der Waals surface area (Å²) in [5.74, 6) is 0.386. The Hall–Kier alpha value is -4.72. The molecule has 0 radical (unpaired) electrons. The molecule has 3 heterocycles. The number of carbonyl (C=O) groups is 2. The maximum atomic E-state index is 14.3. The van der Waals surface area contributed by atoms with Gasteiger partial charge in [0.2, 0.25) is 0 Å². The molecule has 0 unspecified atom stereocenters. The van der Waals surface area contributed by atoms with Crippen LogP contribution in [0.4, 0.5) is 0 Å². The van der Waals surface area contributed by atoms with E-state index in [0.717, 1.165) is 77.9 Å². The Bertz CT molecular complexity index is 2020. The molecule has 0 bridgehead atoms. The number of carboxylic acid groups (broad SMARTS) is 1. The number of hydrogen-bond donors (Lipinski definition) is 2. The van der Waals surface area contributed by atoms with Gasteiger partial charge in [-0.25, -0.2) is 9.78 Å². The fourth-order valence-electron chi connectivity index (χ4n) is 8.45. The molecule has 2 aromatic carbocycles. The van der Waals surface area contributed by atoms with Crippen LogP contribution < -0.4 is 5.32 Å². The quantitative estimate of drug-likeness (QED) is 0.169. The Morgan fingerprint density at radius 3 is 2.45 bits per heavy atom. The highest BCUT2D eigenvalue weighted by molar-refractivity contribution is 6.01. The minimum absolute atomic E-state index is 0.0749. The van der Waals surface area contributed by atoms with Crippen LogP contribution in [0.2, 0.25) is 0 Å². The number of nitrogens with one attached hydrogen (secondary N) is 1. The van der Waals surface area contributed by atoms with Crippen molar-refractivity contribution >= 4 is 39.9 Å². The number of pyridine rings is 1. The normalized spacial score (nSPS) is 18.4. The number of carboxylic acids is 1. The molecule has 8 heteroatoms. The molecule has 8 rings (SSSR count). The van der Waals surface area contributed by atoms with Gasteiger partial charge in [0.25, 0.3) is 5.91 Å². The summed E-state index contributed by atoms with van der Waals surface area (Å²) in [6, 6.07) is 18.6. The molecule has 3 fully saturated rings. The van der Waals surface area contributed by atoms with Gasteiger partial charge in [-0.3, -0.25) is 9.78 Å². The molecule has 240 valence electrons. The second-order valence-corrected chi connectivity index (χ2v) is 13.8. The predicted molar refractivity (Wildman–Crippen MR) is 184 cm³/mol.